The SMILES string of the molecule is Cc1cc(=O)cc(-c2ccc(C(C)(C)C)cc2C)[nH]1. The average Bonchev–Trinajstić information content (AvgIpc) is 2.26. The van der Waals surface area contributed by atoms with Gasteiger partial charge in [0.25, 0.3) is 0 Å². The normalized spacial score (nSPS) is 11.6. The molecule has 0 aliphatic carbocycles. The summed E-state index contributed by atoms with van der Waals surface area (Å²) in [7, 11) is 0. The van der Waals surface area contributed by atoms with Crippen LogP contribution in [0.3, 0.4) is 0 Å². The second kappa shape index (κ2) is 4.69. The third kappa shape index (κ3) is 2.95. The number of H-pyrrole nitrogens is 1. The van der Waals surface area contributed by atoms with Gasteiger partial charge in [-0.25, -0.2) is 0 Å². The smallest absolute Gasteiger partial charge is 0.182 e. The van der Waals surface area contributed by atoms with Crippen LogP contribution in [0.25, 0.3) is 11.3 Å². The molecule has 19 heavy (non-hydrogen) atoms. The summed E-state index contributed by atoms with van der Waals surface area (Å²) >= 11 is 0. The summed E-state index contributed by atoms with van der Waals surface area (Å²) in [5.74, 6) is 0. The summed E-state index contributed by atoms with van der Waals surface area (Å²) in [4.78, 5) is 14.9. The molecule has 2 aromatic rings. The summed E-state index contributed by atoms with van der Waals surface area (Å²) in [6.45, 7) is 10.6. The summed E-state index contributed by atoms with van der Waals surface area (Å²) < 4.78 is 0. The standard InChI is InChI=1S/C17H21NO/c1-11-8-13(17(3,4)5)6-7-15(11)16-10-14(19)9-12(2)18-16/h6-10H,1-5H3,(H,18,19). The van der Waals surface area contributed by atoms with E-state index in [2.05, 4.69) is 50.9 Å². The van der Waals surface area contributed by atoms with E-state index in [0.29, 0.717) is 0 Å². The van der Waals surface area contributed by atoms with Crippen molar-refractivity contribution >= 4 is 0 Å². The van der Waals surface area contributed by atoms with Crippen LogP contribution in [0.4, 0.5) is 0 Å². The number of rotatable bonds is 1. The molecule has 0 radical (unpaired) electrons. The Morgan fingerprint density at radius 1 is 1.00 bits per heavy atom. The van der Waals surface area contributed by atoms with Crippen molar-refractivity contribution in [1.29, 1.82) is 0 Å². The lowest BCUT2D eigenvalue weighted by Crippen LogP contribution is -2.11. The van der Waals surface area contributed by atoms with Gasteiger partial charge in [-0.15, -0.1) is 0 Å². The van der Waals surface area contributed by atoms with Crippen LogP contribution < -0.4 is 5.43 Å². The summed E-state index contributed by atoms with van der Waals surface area (Å²) in [6, 6.07) is 9.72. The number of aryl methyl sites for hydroxylation is 2. The Morgan fingerprint density at radius 3 is 2.21 bits per heavy atom. The first-order valence-corrected chi connectivity index (χ1v) is 6.60. The number of aromatic amines is 1. The Balaban J connectivity index is 2.55. The maximum absolute atomic E-state index is 11.6. The predicted molar refractivity (Wildman–Crippen MR) is 80.7 cm³/mol. The highest BCUT2D eigenvalue weighted by Gasteiger charge is 2.15. The molecular formula is C17H21NO. The molecule has 0 saturated carbocycles. The minimum absolute atomic E-state index is 0.0468. The summed E-state index contributed by atoms with van der Waals surface area (Å²) in [5.41, 5.74) is 5.56. The average molecular weight is 255 g/mol. The van der Waals surface area contributed by atoms with Crippen LogP contribution in [-0.4, -0.2) is 4.98 Å². The quantitative estimate of drug-likeness (QED) is 0.822. The van der Waals surface area contributed by atoms with Gasteiger partial charge in [0.05, 0.1) is 0 Å². The molecular weight excluding hydrogens is 234 g/mol. The molecule has 1 N–H and O–H groups in total. The summed E-state index contributed by atoms with van der Waals surface area (Å²) in [5, 5.41) is 0. The molecule has 0 aliphatic rings. The van der Waals surface area contributed by atoms with Gasteiger partial charge in [0.2, 0.25) is 0 Å². The number of hydrogen-bond donors (Lipinski definition) is 1. The highest BCUT2D eigenvalue weighted by Crippen LogP contribution is 2.28. The fraction of sp³-hybridized carbons (Fsp3) is 0.353. The van der Waals surface area contributed by atoms with E-state index in [1.54, 1.807) is 12.1 Å². The molecule has 1 aromatic carbocycles. The first-order valence-electron chi connectivity index (χ1n) is 6.60. The van der Waals surface area contributed by atoms with Crippen molar-refractivity contribution in [3.05, 3.63) is 57.4 Å². The van der Waals surface area contributed by atoms with E-state index in [0.717, 1.165) is 17.0 Å². The van der Waals surface area contributed by atoms with Crippen molar-refractivity contribution in [2.45, 2.75) is 40.0 Å². The zero-order valence-electron chi connectivity index (χ0n) is 12.3. The number of hydrogen-bond acceptors (Lipinski definition) is 1. The third-order valence-electron chi connectivity index (χ3n) is 3.36. The van der Waals surface area contributed by atoms with E-state index in [-0.39, 0.29) is 10.8 Å². The fourth-order valence-corrected chi connectivity index (χ4v) is 2.26. The van der Waals surface area contributed by atoms with E-state index in [4.69, 9.17) is 0 Å². The lowest BCUT2D eigenvalue weighted by atomic mass is 9.85. The first-order chi connectivity index (χ1) is 8.77. The van der Waals surface area contributed by atoms with Crippen molar-refractivity contribution in [2.24, 2.45) is 0 Å². The Kier molecular flexibility index (Phi) is 3.36. The third-order valence-corrected chi connectivity index (χ3v) is 3.36. The minimum atomic E-state index is 0.0468. The second-order valence-corrected chi connectivity index (χ2v) is 6.19. The Hall–Kier alpha value is -1.83. The van der Waals surface area contributed by atoms with E-state index >= 15 is 0 Å². The van der Waals surface area contributed by atoms with Gasteiger partial charge >= 0.3 is 0 Å². The molecule has 0 amide bonds. The molecule has 2 rings (SSSR count). The topological polar surface area (TPSA) is 32.9 Å². The van der Waals surface area contributed by atoms with Crippen LogP contribution in [-0.2, 0) is 5.41 Å². The highest BCUT2D eigenvalue weighted by atomic mass is 16.1. The van der Waals surface area contributed by atoms with Gasteiger partial charge in [-0.05, 0) is 30.4 Å². The van der Waals surface area contributed by atoms with Crippen molar-refractivity contribution in [2.75, 3.05) is 0 Å². The Morgan fingerprint density at radius 2 is 1.68 bits per heavy atom. The molecule has 0 fully saturated rings. The Bertz CT molecular complexity index is 660. The number of aromatic nitrogens is 1. The second-order valence-electron chi connectivity index (χ2n) is 6.19. The van der Waals surface area contributed by atoms with E-state index in [1.165, 1.54) is 11.1 Å². The fourth-order valence-electron chi connectivity index (χ4n) is 2.26. The lowest BCUT2D eigenvalue weighted by Gasteiger charge is -2.20. The van der Waals surface area contributed by atoms with Crippen molar-refractivity contribution < 1.29 is 0 Å². The number of pyridine rings is 1. The molecule has 0 unspecified atom stereocenters. The minimum Gasteiger partial charge on any atom is -0.358 e. The maximum Gasteiger partial charge on any atom is 0.182 e. The monoisotopic (exact) mass is 255 g/mol. The predicted octanol–water partition coefficient (Wildman–Crippen LogP) is 3.96. The van der Waals surface area contributed by atoms with Gasteiger partial charge in [-0.3, -0.25) is 4.79 Å². The number of nitrogens with one attached hydrogen (secondary N) is 1. The molecule has 0 saturated heterocycles. The van der Waals surface area contributed by atoms with E-state index < -0.39 is 0 Å². The van der Waals surface area contributed by atoms with Crippen LogP contribution >= 0.6 is 0 Å². The van der Waals surface area contributed by atoms with Crippen LogP contribution in [0, 0.1) is 13.8 Å². The van der Waals surface area contributed by atoms with Crippen molar-refractivity contribution in [3.8, 4) is 11.3 Å². The molecule has 0 spiro atoms. The van der Waals surface area contributed by atoms with Gasteiger partial charge in [-0.1, -0.05) is 39.0 Å². The van der Waals surface area contributed by atoms with Gasteiger partial charge in [0.15, 0.2) is 5.43 Å². The molecule has 1 aromatic heterocycles. The van der Waals surface area contributed by atoms with Crippen LogP contribution in [0.15, 0.2) is 35.1 Å². The van der Waals surface area contributed by atoms with Gasteiger partial charge in [0.1, 0.15) is 0 Å². The zero-order valence-corrected chi connectivity index (χ0v) is 12.3. The molecule has 0 aliphatic heterocycles. The molecule has 2 heteroatoms. The van der Waals surface area contributed by atoms with E-state index in [1.807, 2.05) is 6.92 Å². The maximum atomic E-state index is 11.6. The van der Waals surface area contributed by atoms with Gasteiger partial charge in [-0.2, -0.15) is 0 Å². The van der Waals surface area contributed by atoms with Crippen LogP contribution in [0.2, 0.25) is 0 Å². The molecule has 0 bridgehead atoms. The summed E-state index contributed by atoms with van der Waals surface area (Å²) in [6.07, 6.45) is 0. The van der Waals surface area contributed by atoms with Crippen molar-refractivity contribution in [1.82, 2.24) is 4.98 Å². The van der Waals surface area contributed by atoms with Gasteiger partial charge in [0, 0.05) is 29.1 Å². The lowest BCUT2D eigenvalue weighted by molar-refractivity contribution is 0.590. The van der Waals surface area contributed by atoms with Crippen LogP contribution in [0.5, 0.6) is 0 Å². The zero-order chi connectivity index (χ0) is 14.2. The first kappa shape index (κ1) is 13.6. The molecule has 1 heterocycles. The Labute approximate surface area is 114 Å². The van der Waals surface area contributed by atoms with Crippen molar-refractivity contribution in [3.63, 3.8) is 0 Å². The van der Waals surface area contributed by atoms with E-state index in [9.17, 15) is 4.79 Å². The molecule has 2 nitrogen and oxygen atoms in total. The highest BCUT2D eigenvalue weighted by molar-refractivity contribution is 5.64. The molecule has 0 atom stereocenters. The number of benzene rings is 1. The largest absolute Gasteiger partial charge is 0.358 e. The van der Waals surface area contributed by atoms with Gasteiger partial charge < -0.3 is 4.98 Å². The van der Waals surface area contributed by atoms with Crippen LogP contribution in [0.1, 0.15) is 37.6 Å². The molecule has 100 valence electrons.